The van der Waals surface area contributed by atoms with Crippen molar-refractivity contribution in [3.63, 3.8) is 0 Å². The summed E-state index contributed by atoms with van der Waals surface area (Å²) in [6.45, 7) is 0.503. The predicted octanol–water partition coefficient (Wildman–Crippen LogP) is -0.554. The molecular formula is C15H19N3O6. The molecule has 0 saturated carbocycles. The van der Waals surface area contributed by atoms with Gasteiger partial charge in [-0.05, 0) is 12.5 Å². The van der Waals surface area contributed by atoms with Gasteiger partial charge in [-0.3, -0.25) is 9.59 Å². The highest BCUT2D eigenvalue weighted by Gasteiger charge is 2.18. The van der Waals surface area contributed by atoms with Crippen LogP contribution < -0.4 is 16.4 Å². The highest BCUT2D eigenvalue weighted by molar-refractivity contribution is 5.87. The summed E-state index contributed by atoms with van der Waals surface area (Å²) in [5.74, 6) is -2.23. The first-order valence-corrected chi connectivity index (χ1v) is 7.07. The zero-order chi connectivity index (χ0) is 17.9. The van der Waals surface area contributed by atoms with E-state index in [1.165, 1.54) is 6.92 Å². The molecule has 9 heteroatoms. The molecule has 0 unspecified atom stereocenters. The Morgan fingerprint density at radius 2 is 1.79 bits per heavy atom. The van der Waals surface area contributed by atoms with E-state index in [9.17, 15) is 19.2 Å². The summed E-state index contributed by atoms with van der Waals surface area (Å²) >= 11 is 0. The van der Waals surface area contributed by atoms with Crippen LogP contribution >= 0.6 is 0 Å². The molecule has 24 heavy (non-hydrogen) atoms. The number of benzene rings is 1. The third-order valence-corrected chi connectivity index (χ3v) is 2.69. The summed E-state index contributed by atoms with van der Waals surface area (Å²) in [5, 5.41) is 4.54. The van der Waals surface area contributed by atoms with Gasteiger partial charge in [-0.25, -0.2) is 9.59 Å². The molecule has 1 atom stereocenters. The predicted molar refractivity (Wildman–Crippen MR) is 82.4 cm³/mol. The summed E-state index contributed by atoms with van der Waals surface area (Å²) in [5.41, 5.74) is 5.64. The van der Waals surface area contributed by atoms with E-state index in [-0.39, 0.29) is 13.2 Å². The van der Waals surface area contributed by atoms with Crippen molar-refractivity contribution in [2.75, 3.05) is 13.2 Å². The molecule has 0 aliphatic carbocycles. The average molecular weight is 337 g/mol. The molecule has 1 aromatic rings. The third-order valence-electron chi connectivity index (χ3n) is 2.69. The minimum atomic E-state index is -0.987. The maximum Gasteiger partial charge on any atom is 0.407 e. The number of ether oxygens (including phenoxy) is 2. The number of alkyl carbamates (subject to hydrolysis) is 1. The van der Waals surface area contributed by atoms with Crippen molar-refractivity contribution >= 4 is 23.9 Å². The van der Waals surface area contributed by atoms with E-state index in [0.717, 1.165) is 5.56 Å². The molecule has 3 amide bonds. The lowest BCUT2D eigenvalue weighted by molar-refractivity contribution is -0.150. The van der Waals surface area contributed by atoms with Gasteiger partial charge >= 0.3 is 12.1 Å². The van der Waals surface area contributed by atoms with Gasteiger partial charge in [0.05, 0.1) is 0 Å². The molecule has 0 spiro atoms. The van der Waals surface area contributed by atoms with Gasteiger partial charge in [0.1, 0.15) is 19.2 Å². The monoisotopic (exact) mass is 337 g/mol. The first-order chi connectivity index (χ1) is 11.4. The van der Waals surface area contributed by atoms with E-state index in [2.05, 4.69) is 15.4 Å². The number of hydrogen-bond donors (Lipinski definition) is 3. The molecule has 1 aromatic carbocycles. The van der Waals surface area contributed by atoms with E-state index in [0.29, 0.717) is 0 Å². The topological polar surface area (TPSA) is 137 Å². The van der Waals surface area contributed by atoms with Crippen molar-refractivity contribution in [3.8, 4) is 0 Å². The molecule has 0 aliphatic rings. The normalized spacial score (nSPS) is 11.0. The van der Waals surface area contributed by atoms with Crippen LogP contribution in [0, 0.1) is 0 Å². The lowest BCUT2D eigenvalue weighted by Crippen LogP contribution is -2.45. The number of nitrogens with two attached hydrogens (primary N) is 1. The van der Waals surface area contributed by atoms with E-state index in [1.54, 1.807) is 12.1 Å². The van der Waals surface area contributed by atoms with Crippen LogP contribution in [0.4, 0.5) is 4.79 Å². The van der Waals surface area contributed by atoms with Crippen LogP contribution in [-0.4, -0.2) is 43.1 Å². The second-order valence-electron chi connectivity index (χ2n) is 4.78. The molecule has 130 valence electrons. The van der Waals surface area contributed by atoms with Crippen LogP contribution in [0.2, 0.25) is 0 Å². The summed E-state index contributed by atoms with van der Waals surface area (Å²) in [4.78, 5) is 45.0. The minimum absolute atomic E-state index is 0.0736. The van der Waals surface area contributed by atoms with Gasteiger partial charge < -0.3 is 25.8 Å². The molecule has 9 nitrogen and oxygen atoms in total. The number of rotatable bonds is 8. The number of primary amides is 1. The standard InChI is InChI=1S/C15H19N3O6/c1-10(14(21)23-9-12(16)19)18-13(20)7-17-15(22)24-8-11-5-3-2-4-6-11/h2-6,10H,7-9H2,1H3,(H2,16,19)(H,17,22)(H,18,20)/t10-/m0/s1. The summed E-state index contributed by atoms with van der Waals surface area (Å²) in [6, 6.07) is 8.05. The lowest BCUT2D eigenvalue weighted by atomic mass is 10.2. The highest BCUT2D eigenvalue weighted by Crippen LogP contribution is 2.00. The van der Waals surface area contributed by atoms with Gasteiger partial charge in [0.2, 0.25) is 5.91 Å². The van der Waals surface area contributed by atoms with Gasteiger partial charge in [-0.2, -0.15) is 0 Å². The highest BCUT2D eigenvalue weighted by atomic mass is 16.5. The van der Waals surface area contributed by atoms with Crippen LogP contribution in [-0.2, 0) is 30.5 Å². The Bertz CT molecular complexity index is 590. The number of carbonyl (C=O) groups is 4. The molecule has 0 heterocycles. The Morgan fingerprint density at radius 3 is 2.42 bits per heavy atom. The van der Waals surface area contributed by atoms with Crippen LogP contribution in [0.1, 0.15) is 12.5 Å². The maximum atomic E-state index is 11.6. The van der Waals surface area contributed by atoms with Crippen LogP contribution in [0.5, 0.6) is 0 Å². The fourth-order valence-corrected chi connectivity index (χ4v) is 1.55. The number of hydrogen-bond acceptors (Lipinski definition) is 6. The molecule has 0 radical (unpaired) electrons. The molecule has 0 aliphatic heterocycles. The molecule has 0 bridgehead atoms. The minimum Gasteiger partial charge on any atom is -0.454 e. The fourth-order valence-electron chi connectivity index (χ4n) is 1.55. The quantitative estimate of drug-likeness (QED) is 0.544. The molecule has 0 fully saturated rings. The Labute approximate surface area is 138 Å². The summed E-state index contributed by atoms with van der Waals surface area (Å²) < 4.78 is 9.46. The molecule has 4 N–H and O–H groups in total. The van der Waals surface area contributed by atoms with Gasteiger partial charge in [0, 0.05) is 0 Å². The zero-order valence-electron chi connectivity index (χ0n) is 13.1. The number of amides is 3. The van der Waals surface area contributed by atoms with Crippen molar-refractivity contribution in [1.29, 1.82) is 0 Å². The van der Waals surface area contributed by atoms with Crippen molar-refractivity contribution in [1.82, 2.24) is 10.6 Å². The Morgan fingerprint density at radius 1 is 1.12 bits per heavy atom. The van der Waals surface area contributed by atoms with Gasteiger partial charge in [-0.15, -0.1) is 0 Å². The Balaban J connectivity index is 2.23. The van der Waals surface area contributed by atoms with Gasteiger partial charge in [0.15, 0.2) is 6.61 Å². The van der Waals surface area contributed by atoms with Crippen molar-refractivity contribution < 1.29 is 28.7 Å². The Kier molecular flexibility index (Phi) is 7.76. The fraction of sp³-hybridized carbons (Fsp3) is 0.333. The van der Waals surface area contributed by atoms with Crippen LogP contribution in [0.3, 0.4) is 0 Å². The zero-order valence-corrected chi connectivity index (χ0v) is 13.1. The van der Waals surface area contributed by atoms with Crippen LogP contribution in [0.25, 0.3) is 0 Å². The van der Waals surface area contributed by atoms with Gasteiger partial charge in [0.25, 0.3) is 5.91 Å². The second-order valence-corrected chi connectivity index (χ2v) is 4.78. The van der Waals surface area contributed by atoms with Gasteiger partial charge in [-0.1, -0.05) is 30.3 Å². The van der Waals surface area contributed by atoms with Crippen molar-refractivity contribution in [3.05, 3.63) is 35.9 Å². The number of esters is 1. The lowest BCUT2D eigenvalue weighted by Gasteiger charge is -2.13. The molecule has 0 aromatic heterocycles. The summed E-state index contributed by atoms with van der Waals surface area (Å²) in [7, 11) is 0. The largest absolute Gasteiger partial charge is 0.454 e. The van der Waals surface area contributed by atoms with E-state index in [1.807, 2.05) is 18.2 Å². The third kappa shape index (κ3) is 7.78. The molecule has 0 saturated heterocycles. The van der Waals surface area contributed by atoms with Crippen molar-refractivity contribution in [2.45, 2.75) is 19.6 Å². The SMILES string of the molecule is C[C@H](NC(=O)CNC(=O)OCc1ccccc1)C(=O)OCC(N)=O. The van der Waals surface area contributed by atoms with E-state index >= 15 is 0 Å². The van der Waals surface area contributed by atoms with E-state index < -0.39 is 36.5 Å². The second kappa shape index (κ2) is 9.82. The Hall–Kier alpha value is -3.10. The molecular weight excluding hydrogens is 318 g/mol. The number of carbonyl (C=O) groups excluding carboxylic acids is 4. The molecule has 1 rings (SSSR count). The maximum absolute atomic E-state index is 11.6. The first-order valence-electron chi connectivity index (χ1n) is 7.07. The number of nitrogens with one attached hydrogen (secondary N) is 2. The van der Waals surface area contributed by atoms with E-state index in [4.69, 9.17) is 10.5 Å². The van der Waals surface area contributed by atoms with Crippen molar-refractivity contribution in [2.24, 2.45) is 5.73 Å². The first kappa shape index (κ1) is 18.9. The van der Waals surface area contributed by atoms with Crippen LogP contribution in [0.15, 0.2) is 30.3 Å². The average Bonchev–Trinajstić information content (AvgIpc) is 2.56. The smallest absolute Gasteiger partial charge is 0.407 e. The summed E-state index contributed by atoms with van der Waals surface area (Å²) in [6.07, 6.45) is -0.766.